The molecule has 1 aliphatic heterocycles. The third kappa shape index (κ3) is 3.01. The van der Waals surface area contributed by atoms with Gasteiger partial charge in [0.15, 0.2) is 0 Å². The summed E-state index contributed by atoms with van der Waals surface area (Å²) in [5.74, 6) is 0. The van der Waals surface area contributed by atoms with Crippen molar-refractivity contribution in [2.75, 3.05) is 0 Å². The van der Waals surface area contributed by atoms with Crippen molar-refractivity contribution in [3.8, 4) is 0 Å². The van der Waals surface area contributed by atoms with Crippen molar-refractivity contribution in [1.29, 1.82) is 0 Å². The smallest absolute Gasteiger partial charge is 0.0539 e. The fourth-order valence-electron chi connectivity index (χ4n) is 6.54. The predicted molar refractivity (Wildman–Crippen MR) is 146 cm³/mol. The van der Waals surface area contributed by atoms with Crippen molar-refractivity contribution >= 4 is 21.8 Å². The second kappa shape index (κ2) is 7.99. The minimum Gasteiger partial charge on any atom is -0.337 e. The van der Waals surface area contributed by atoms with Gasteiger partial charge in [0.05, 0.1) is 5.52 Å². The third-order valence-corrected chi connectivity index (χ3v) is 7.94. The van der Waals surface area contributed by atoms with Crippen LogP contribution in [0.4, 0.5) is 0 Å². The van der Waals surface area contributed by atoms with E-state index in [9.17, 15) is 0 Å². The molecule has 0 fully saturated rings. The molecule has 0 saturated carbocycles. The summed E-state index contributed by atoms with van der Waals surface area (Å²) in [6.45, 7) is 0. The maximum Gasteiger partial charge on any atom is 0.0539 e. The van der Waals surface area contributed by atoms with Gasteiger partial charge in [0, 0.05) is 27.7 Å². The summed E-state index contributed by atoms with van der Waals surface area (Å²) < 4.78 is 2.65. The fraction of sp³-hybridized carbons (Fsp3) is 0.118. The Kier molecular flexibility index (Phi) is 4.63. The number of para-hydroxylation sites is 2. The molecule has 1 aliphatic rings. The number of nitrogens with zero attached hydrogens (tertiary/aromatic N) is 1. The average molecular weight is 450 g/mol. The van der Waals surface area contributed by atoms with Crippen LogP contribution in [0.3, 0.4) is 0 Å². The molecule has 0 radical (unpaired) electrons. The quantitative estimate of drug-likeness (QED) is 0.255. The van der Waals surface area contributed by atoms with Gasteiger partial charge < -0.3 is 4.57 Å². The molecule has 0 spiro atoms. The lowest BCUT2D eigenvalue weighted by Gasteiger charge is -2.44. The van der Waals surface area contributed by atoms with Gasteiger partial charge >= 0.3 is 0 Å². The van der Waals surface area contributed by atoms with Gasteiger partial charge in [-0.05, 0) is 41.2 Å². The molecule has 1 atom stereocenters. The van der Waals surface area contributed by atoms with Gasteiger partial charge in [0.1, 0.15) is 0 Å². The van der Waals surface area contributed by atoms with E-state index < -0.39 is 0 Å². The van der Waals surface area contributed by atoms with Gasteiger partial charge in [-0.1, -0.05) is 127 Å². The second-order valence-electron chi connectivity index (χ2n) is 9.77. The van der Waals surface area contributed by atoms with Gasteiger partial charge in [-0.3, -0.25) is 0 Å². The number of fused-ring (bicyclic) bond motifs is 3. The average Bonchev–Trinajstić information content (AvgIpc) is 3.28. The minimum atomic E-state index is -0.216. The Labute approximate surface area is 206 Å². The van der Waals surface area contributed by atoms with E-state index in [1.807, 2.05) is 0 Å². The first kappa shape index (κ1) is 20.3. The van der Waals surface area contributed by atoms with Crippen LogP contribution in [0, 0.1) is 0 Å². The minimum absolute atomic E-state index is 0.216. The first-order valence-electron chi connectivity index (χ1n) is 12.5. The maximum absolute atomic E-state index is 2.65. The molecule has 5 aromatic carbocycles. The summed E-state index contributed by atoms with van der Waals surface area (Å²) >= 11 is 0. The lowest BCUT2D eigenvalue weighted by Crippen LogP contribution is -2.37. The molecule has 2 heterocycles. The number of hydrogen-bond acceptors (Lipinski definition) is 0. The zero-order chi connectivity index (χ0) is 23.2. The highest BCUT2D eigenvalue weighted by molar-refractivity contribution is 6.10. The molecule has 1 unspecified atom stereocenters. The zero-order valence-electron chi connectivity index (χ0n) is 19.6. The second-order valence-corrected chi connectivity index (χ2v) is 9.77. The largest absolute Gasteiger partial charge is 0.337 e. The SMILES string of the molecule is c1ccc(CC2CC(c3ccccc3)(c3ccccc3)c3cccc4c5ccccc5n2c34)cc1. The van der Waals surface area contributed by atoms with E-state index in [2.05, 4.69) is 138 Å². The van der Waals surface area contributed by atoms with Crippen LogP contribution in [-0.4, -0.2) is 4.57 Å². The molecule has 35 heavy (non-hydrogen) atoms. The lowest BCUT2D eigenvalue weighted by molar-refractivity contribution is 0.385. The molecule has 168 valence electrons. The van der Waals surface area contributed by atoms with Crippen LogP contribution >= 0.6 is 0 Å². The van der Waals surface area contributed by atoms with E-state index in [0.29, 0.717) is 6.04 Å². The Morgan fingerprint density at radius 2 is 1.14 bits per heavy atom. The third-order valence-electron chi connectivity index (χ3n) is 7.94. The van der Waals surface area contributed by atoms with Crippen molar-refractivity contribution in [2.24, 2.45) is 0 Å². The molecule has 7 rings (SSSR count). The molecular weight excluding hydrogens is 422 g/mol. The van der Waals surface area contributed by atoms with E-state index in [-0.39, 0.29) is 5.41 Å². The number of rotatable bonds is 4. The van der Waals surface area contributed by atoms with Gasteiger partial charge in [-0.25, -0.2) is 0 Å². The Balaban J connectivity index is 1.61. The molecular formula is C34H27N. The van der Waals surface area contributed by atoms with E-state index in [0.717, 1.165) is 12.8 Å². The number of aromatic nitrogens is 1. The molecule has 0 bridgehead atoms. The summed E-state index contributed by atoms with van der Waals surface area (Å²) in [6.07, 6.45) is 2.02. The lowest BCUT2D eigenvalue weighted by atomic mass is 9.63. The van der Waals surface area contributed by atoms with Crippen molar-refractivity contribution in [3.05, 3.63) is 156 Å². The van der Waals surface area contributed by atoms with Crippen LogP contribution in [0.25, 0.3) is 21.8 Å². The van der Waals surface area contributed by atoms with E-state index in [1.165, 1.54) is 44.1 Å². The molecule has 1 heteroatoms. The van der Waals surface area contributed by atoms with Crippen molar-refractivity contribution in [3.63, 3.8) is 0 Å². The summed E-state index contributed by atoms with van der Waals surface area (Å²) in [5, 5.41) is 2.70. The van der Waals surface area contributed by atoms with Crippen molar-refractivity contribution in [2.45, 2.75) is 24.3 Å². The fourth-order valence-corrected chi connectivity index (χ4v) is 6.54. The normalized spacial score (nSPS) is 16.5. The molecule has 1 aromatic heterocycles. The molecule has 0 saturated heterocycles. The summed E-state index contributed by atoms with van der Waals surface area (Å²) in [6, 6.07) is 49.5. The molecule has 0 aliphatic carbocycles. The number of benzene rings is 5. The summed E-state index contributed by atoms with van der Waals surface area (Å²) in [7, 11) is 0. The van der Waals surface area contributed by atoms with Crippen molar-refractivity contribution in [1.82, 2.24) is 4.57 Å². The first-order chi connectivity index (χ1) is 17.4. The zero-order valence-corrected chi connectivity index (χ0v) is 19.6. The van der Waals surface area contributed by atoms with Gasteiger partial charge in [-0.2, -0.15) is 0 Å². The highest BCUT2D eigenvalue weighted by Crippen LogP contribution is 2.53. The van der Waals surface area contributed by atoms with Crippen LogP contribution in [-0.2, 0) is 11.8 Å². The van der Waals surface area contributed by atoms with Crippen LogP contribution < -0.4 is 0 Å². The Bertz CT molecular complexity index is 1590. The van der Waals surface area contributed by atoms with E-state index in [1.54, 1.807) is 0 Å². The first-order valence-corrected chi connectivity index (χ1v) is 12.5. The summed E-state index contributed by atoms with van der Waals surface area (Å²) in [4.78, 5) is 0. The summed E-state index contributed by atoms with van der Waals surface area (Å²) in [5.41, 5.74) is 8.04. The van der Waals surface area contributed by atoms with Gasteiger partial charge in [0.25, 0.3) is 0 Å². The Morgan fingerprint density at radius 3 is 1.83 bits per heavy atom. The van der Waals surface area contributed by atoms with Crippen LogP contribution in [0.1, 0.15) is 34.7 Å². The van der Waals surface area contributed by atoms with E-state index in [4.69, 9.17) is 0 Å². The van der Waals surface area contributed by atoms with Crippen LogP contribution in [0.5, 0.6) is 0 Å². The Hall–Kier alpha value is -4.10. The van der Waals surface area contributed by atoms with E-state index >= 15 is 0 Å². The predicted octanol–water partition coefficient (Wildman–Crippen LogP) is 8.32. The monoisotopic (exact) mass is 449 g/mol. The molecule has 0 amide bonds. The highest BCUT2D eigenvalue weighted by atomic mass is 15.0. The molecule has 6 aromatic rings. The topological polar surface area (TPSA) is 4.93 Å². The van der Waals surface area contributed by atoms with Crippen molar-refractivity contribution < 1.29 is 0 Å². The van der Waals surface area contributed by atoms with Crippen LogP contribution in [0.15, 0.2) is 133 Å². The maximum atomic E-state index is 2.65. The molecule has 1 nitrogen and oxygen atoms in total. The Morgan fingerprint density at radius 1 is 0.571 bits per heavy atom. The number of hydrogen-bond donors (Lipinski definition) is 0. The van der Waals surface area contributed by atoms with Gasteiger partial charge in [0.2, 0.25) is 0 Å². The highest BCUT2D eigenvalue weighted by Gasteiger charge is 2.44. The molecule has 0 N–H and O–H groups in total. The standard InChI is InChI=1S/C34H27N/c1-4-13-25(14-5-1)23-28-24-34(26-15-6-2-7-16-26,27-17-8-3-9-18-27)31-21-12-20-30-29-19-10-11-22-32(29)35(28)33(30)31/h1-22,28H,23-24H2. The van der Waals surface area contributed by atoms with Gasteiger partial charge in [-0.15, -0.1) is 0 Å². The van der Waals surface area contributed by atoms with Crippen LogP contribution in [0.2, 0.25) is 0 Å².